The van der Waals surface area contributed by atoms with Crippen molar-refractivity contribution in [3.05, 3.63) is 53.6 Å². The summed E-state index contributed by atoms with van der Waals surface area (Å²) in [6.07, 6.45) is 0. The molecule has 0 saturated carbocycles. The monoisotopic (exact) mass is 346 g/mol. The number of amides is 2. The molecule has 126 valence electrons. The van der Waals surface area contributed by atoms with Gasteiger partial charge in [-0.15, -0.1) is 0 Å². The first-order chi connectivity index (χ1) is 11.3. The topological polar surface area (TPSA) is 67.4 Å². The second-order valence-electron chi connectivity index (χ2n) is 5.75. The van der Waals surface area contributed by atoms with Crippen molar-refractivity contribution >= 4 is 34.8 Å². The SMILES string of the molecule is COc1ccc(NC(=O)C(C)(C)C(=O)Nc2ccccc2)cc1Cl. The lowest BCUT2D eigenvalue weighted by Crippen LogP contribution is -2.41. The van der Waals surface area contributed by atoms with E-state index in [2.05, 4.69) is 10.6 Å². The molecular formula is C18H19ClN2O3. The lowest BCUT2D eigenvalue weighted by atomic mass is 9.90. The molecule has 0 aromatic heterocycles. The van der Waals surface area contributed by atoms with Crippen LogP contribution in [0.3, 0.4) is 0 Å². The van der Waals surface area contributed by atoms with E-state index in [0.717, 1.165) is 0 Å². The number of para-hydroxylation sites is 1. The normalized spacial score (nSPS) is 10.8. The minimum absolute atomic E-state index is 0.377. The predicted octanol–water partition coefficient (Wildman–Crippen LogP) is 3.95. The summed E-state index contributed by atoms with van der Waals surface area (Å²) in [5.41, 5.74) is -0.135. The number of methoxy groups -OCH3 is 1. The molecule has 2 aromatic rings. The average molecular weight is 347 g/mol. The lowest BCUT2D eigenvalue weighted by molar-refractivity contribution is -0.135. The van der Waals surface area contributed by atoms with E-state index in [-0.39, 0.29) is 0 Å². The number of anilines is 2. The van der Waals surface area contributed by atoms with Gasteiger partial charge in [0, 0.05) is 11.4 Å². The third kappa shape index (κ3) is 4.06. The van der Waals surface area contributed by atoms with Crippen LogP contribution in [-0.2, 0) is 9.59 Å². The highest BCUT2D eigenvalue weighted by Gasteiger charge is 2.36. The smallest absolute Gasteiger partial charge is 0.239 e. The fourth-order valence-corrected chi connectivity index (χ4v) is 2.20. The van der Waals surface area contributed by atoms with Crippen molar-refractivity contribution in [2.24, 2.45) is 5.41 Å². The Morgan fingerprint density at radius 2 is 1.54 bits per heavy atom. The predicted molar refractivity (Wildman–Crippen MR) is 95.5 cm³/mol. The Labute approximate surface area is 146 Å². The van der Waals surface area contributed by atoms with Gasteiger partial charge in [0.05, 0.1) is 12.1 Å². The van der Waals surface area contributed by atoms with Gasteiger partial charge in [-0.05, 0) is 44.2 Å². The first kappa shape index (κ1) is 17.8. The molecule has 0 atom stereocenters. The van der Waals surface area contributed by atoms with Gasteiger partial charge in [-0.1, -0.05) is 29.8 Å². The number of hydrogen-bond donors (Lipinski definition) is 2. The van der Waals surface area contributed by atoms with Gasteiger partial charge in [0.15, 0.2) is 0 Å². The number of carbonyl (C=O) groups excluding carboxylic acids is 2. The quantitative estimate of drug-likeness (QED) is 0.805. The second kappa shape index (κ2) is 7.36. The van der Waals surface area contributed by atoms with Crippen molar-refractivity contribution in [3.63, 3.8) is 0 Å². The maximum atomic E-state index is 12.5. The number of carbonyl (C=O) groups is 2. The number of halogens is 1. The van der Waals surface area contributed by atoms with Crippen LogP contribution in [-0.4, -0.2) is 18.9 Å². The summed E-state index contributed by atoms with van der Waals surface area (Å²) in [5.74, 6) is -0.321. The Hall–Kier alpha value is -2.53. The van der Waals surface area contributed by atoms with Crippen molar-refractivity contribution in [3.8, 4) is 5.75 Å². The summed E-state index contributed by atoms with van der Waals surface area (Å²) in [7, 11) is 1.51. The van der Waals surface area contributed by atoms with E-state index in [9.17, 15) is 9.59 Å². The number of hydrogen-bond acceptors (Lipinski definition) is 3. The van der Waals surface area contributed by atoms with Gasteiger partial charge in [-0.3, -0.25) is 9.59 Å². The molecule has 2 N–H and O–H groups in total. The zero-order chi connectivity index (χ0) is 17.7. The largest absolute Gasteiger partial charge is 0.495 e. The number of rotatable bonds is 5. The van der Waals surface area contributed by atoms with Gasteiger partial charge in [0.25, 0.3) is 0 Å². The molecule has 0 aliphatic rings. The van der Waals surface area contributed by atoms with E-state index in [4.69, 9.17) is 16.3 Å². The maximum absolute atomic E-state index is 12.5. The Kier molecular flexibility index (Phi) is 5.46. The van der Waals surface area contributed by atoms with Gasteiger partial charge in [-0.25, -0.2) is 0 Å². The molecule has 0 saturated heterocycles. The van der Waals surface area contributed by atoms with Crippen molar-refractivity contribution in [1.29, 1.82) is 0 Å². The minimum atomic E-state index is -1.26. The summed E-state index contributed by atoms with van der Waals surface area (Å²) in [6, 6.07) is 13.9. The summed E-state index contributed by atoms with van der Waals surface area (Å²) < 4.78 is 5.07. The molecular weight excluding hydrogens is 328 g/mol. The van der Waals surface area contributed by atoms with E-state index in [1.807, 2.05) is 18.2 Å². The van der Waals surface area contributed by atoms with Crippen LogP contribution in [0.15, 0.2) is 48.5 Å². The molecule has 0 aliphatic carbocycles. The first-order valence-electron chi connectivity index (χ1n) is 7.36. The van der Waals surface area contributed by atoms with Gasteiger partial charge >= 0.3 is 0 Å². The van der Waals surface area contributed by atoms with Crippen molar-refractivity contribution in [1.82, 2.24) is 0 Å². The minimum Gasteiger partial charge on any atom is -0.495 e. The van der Waals surface area contributed by atoms with Crippen molar-refractivity contribution < 1.29 is 14.3 Å². The van der Waals surface area contributed by atoms with Gasteiger partial charge in [0.1, 0.15) is 11.2 Å². The molecule has 0 aliphatic heterocycles. The van der Waals surface area contributed by atoms with Crippen LogP contribution >= 0.6 is 11.6 Å². The molecule has 0 radical (unpaired) electrons. The van der Waals surface area contributed by atoms with Crippen LogP contribution in [0, 0.1) is 5.41 Å². The Morgan fingerprint density at radius 1 is 0.958 bits per heavy atom. The van der Waals surface area contributed by atoms with E-state index in [1.165, 1.54) is 7.11 Å². The Bertz CT molecular complexity index is 745. The van der Waals surface area contributed by atoms with Gasteiger partial charge in [-0.2, -0.15) is 0 Å². The standard InChI is InChI=1S/C18H19ClN2O3/c1-18(2,16(22)20-12-7-5-4-6-8-12)17(23)21-13-9-10-15(24-3)14(19)11-13/h4-11H,1-3H3,(H,20,22)(H,21,23). The van der Waals surface area contributed by atoms with E-state index < -0.39 is 17.2 Å². The molecule has 2 amide bonds. The molecule has 2 rings (SSSR count). The van der Waals surface area contributed by atoms with Crippen LogP contribution in [0.25, 0.3) is 0 Å². The van der Waals surface area contributed by atoms with Crippen molar-refractivity contribution in [2.45, 2.75) is 13.8 Å². The van der Waals surface area contributed by atoms with E-state index in [0.29, 0.717) is 22.1 Å². The summed E-state index contributed by atoms with van der Waals surface area (Å²) in [5, 5.41) is 5.81. The first-order valence-corrected chi connectivity index (χ1v) is 7.74. The molecule has 0 unspecified atom stereocenters. The third-order valence-electron chi connectivity index (χ3n) is 3.58. The molecule has 2 aromatic carbocycles. The van der Waals surface area contributed by atoms with Crippen LogP contribution in [0.4, 0.5) is 11.4 Å². The average Bonchev–Trinajstić information content (AvgIpc) is 2.55. The summed E-state index contributed by atoms with van der Waals surface area (Å²) >= 11 is 6.04. The lowest BCUT2D eigenvalue weighted by Gasteiger charge is -2.23. The number of ether oxygens (including phenoxy) is 1. The third-order valence-corrected chi connectivity index (χ3v) is 3.87. The molecule has 0 bridgehead atoms. The fraction of sp³-hybridized carbons (Fsp3) is 0.222. The summed E-state index contributed by atoms with van der Waals surface area (Å²) in [4.78, 5) is 24.9. The molecule has 0 heterocycles. The highest BCUT2D eigenvalue weighted by Crippen LogP contribution is 2.28. The Morgan fingerprint density at radius 3 is 2.08 bits per heavy atom. The van der Waals surface area contributed by atoms with Gasteiger partial charge < -0.3 is 15.4 Å². The molecule has 0 fully saturated rings. The number of benzene rings is 2. The molecule has 5 nitrogen and oxygen atoms in total. The zero-order valence-corrected chi connectivity index (χ0v) is 14.5. The van der Waals surface area contributed by atoms with Crippen LogP contribution in [0.5, 0.6) is 5.75 Å². The zero-order valence-electron chi connectivity index (χ0n) is 13.7. The Balaban J connectivity index is 2.09. The van der Waals surface area contributed by atoms with Crippen LogP contribution < -0.4 is 15.4 Å². The summed E-state index contributed by atoms with van der Waals surface area (Å²) in [6.45, 7) is 3.12. The maximum Gasteiger partial charge on any atom is 0.239 e. The molecule has 24 heavy (non-hydrogen) atoms. The van der Waals surface area contributed by atoms with Crippen LogP contribution in [0.1, 0.15) is 13.8 Å². The highest BCUT2D eigenvalue weighted by molar-refractivity contribution is 6.32. The highest BCUT2D eigenvalue weighted by atomic mass is 35.5. The fourth-order valence-electron chi connectivity index (χ4n) is 1.94. The molecule has 6 heteroatoms. The molecule has 0 spiro atoms. The van der Waals surface area contributed by atoms with Crippen LogP contribution in [0.2, 0.25) is 5.02 Å². The number of nitrogens with one attached hydrogen (secondary N) is 2. The second-order valence-corrected chi connectivity index (χ2v) is 6.16. The van der Waals surface area contributed by atoms with E-state index in [1.54, 1.807) is 44.2 Å². The van der Waals surface area contributed by atoms with E-state index >= 15 is 0 Å². The van der Waals surface area contributed by atoms with Gasteiger partial charge in [0.2, 0.25) is 11.8 Å². The van der Waals surface area contributed by atoms with Crippen molar-refractivity contribution in [2.75, 3.05) is 17.7 Å².